The van der Waals surface area contributed by atoms with Crippen molar-refractivity contribution in [3.63, 3.8) is 0 Å². The fraction of sp³-hybridized carbons (Fsp3) is 0.500. The minimum absolute atomic E-state index is 0.00681. The first-order chi connectivity index (χ1) is 7.66. The summed E-state index contributed by atoms with van der Waals surface area (Å²) in [4.78, 5) is 0. The summed E-state index contributed by atoms with van der Waals surface area (Å²) in [5.74, 6) is -1.35. The average molecular weight is 228 g/mol. The van der Waals surface area contributed by atoms with Crippen LogP contribution in [0, 0.1) is 11.6 Å². The Bertz CT molecular complexity index is 368. The van der Waals surface area contributed by atoms with Gasteiger partial charge in [-0.05, 0) is 31.4 Å². The van der Waals surface area contributed by atoms with Crippen molar-refractivity contribution < 1.29 is 18.6 Å². The maximum Gasteiger partial charge on any atom is 0.167 e. The van der Waals surface area contributed by atoms with Gasteiger partial charge in [0.15, 0.2) is 11.6 Å². The highest BCUT2D eigenvalue weighted by Gasteiger charge is 2.25. The SMILES string of the molecule is O[C@@H]1CCCC[C@@H]1Oc1ccc(F)cc1F. The van der Waals surface area contributed by atoms with Crippen LogP contribution < -0.4 is 4.74 Å². The number of aliphatic hydroxyl groups excluding tert-OH is 1. The molecule has 1 aliphatic rings. The van der Waals surface area contributed by atoms with Crippen molar-refractivity contribution in [1.82, 2.24) is 0 Å². The molecule has 1 fully saturated rings. The molecule has 0 spiro atoms. The van der Waals surface area contributed by atoms with Crippen LogP contribution in [-0.2, 0) is 0 Å². The van der Waals surface area contributed by atoms with Crippen LogP contribution in [0.25, 0.3) is 0 Å². The molecule has 1 saturated carbocycles. The topological polar surface area (TPSA) is 29.5 Å². The van der Waals surface area contributed by atoms with Crippen molar-refractivity contribution in [2.75, 3.05) is 0 Å². The minimum Gasteiger partial charge on any atom is -0.485 e. The normalized spacial score (nSPS) is 25.4. The second-order valence-corrected chi connectivity index (χ2v) is 4.08. The Kier molecular flexibility index (Phi) is 3.39. The number of rotatable bonds is 2. The van der Waals surface area contributed by atoms with E-state index in [0.717, 1.165) is 25.0 Å². The Hall–Kier alpha value is -1.16. The fourth-order valence-corrected chi connectivity index (χ4v) is 1.95. The Balaban J connectivity index is 2.07. The van der Waals surface area contributed by atoms with E-state index in [1.54, 1.807) is 0 Å². The largest absolute Gasteiger partial charge is 0.485 e. The van der Waals surface area contributed by atoms with Gasteiger partial charge in [-0.15, -0.1) is 0 Å². The lowest BCUT2D eigenvalue weighted by Crippen LogP contribution is -2.34. The Morgan fingerprint density at radius 1 is 1.19 bits per heavy atom. The number of ether oxygens (including phenoxy) is 1. The van der Waals surface area contributed by atoms with E-state index in [4.69, 9.17) is 4.74 Å². The molecule has 0 radical (unpaired) electrons. The maximum atomic E-state index is 13.3. The minimum atomic E-state index is -0.724. The highest BCUT2D eigenvalue weighted by Crippen LogP contribution is 2.25. The van der Waals surface area contributed by atoms with Gasteiger partial charge >= 0.3 is 0 Å². The zero-order valence-electron chi connectivity index (χ0n) is 8.83. The highest BCUT2D eigenvalue weighted by atomic mass is 19.1. The summed E-state index contributed by atoms with van der Waals surface area (Å²) in [5, 5.41) is 9.65. The first-order valence-corrected chi connectivity index (χ1v) is 5.46. The molecule has 1 aliphatic carbocycles. The van der Waals surface area contributed by atoms with Crippen molar-refractivity contribution in [2.24, 2.45) is 0 Å². The summed E-state index contributed by atoms with van der Waals surface area (Å²) in [7, 11) is 0. The molecule has 2 nitrogen and oxygen atoms in total. The van der Waals surface area contributed by atoms with Gasteiger partial charge in [0.05, 0.1) is 6.10 Å². The molecule has 2 rings (SSSR count). The molecule has 88 valence electrons. The molecule has 0 saturated heterocycles. The zero-order chi connectivity index (χ0) is 11.5. The second-order valence-electron chi connectivity index (χ2n) is 4.08. The lowest BCUT2D eigenvalue weighted by molar-refractivity contribution is 0.00494. The van der Waals surface area contributed by atoms with Crippen LogP contribution in [0.1, 0.15) is 25.7 Å². The van der Waals surface area contributed by atoms with E-state index in [0.29, 0.717) is 12.8 Å². The molecule has 0 aromatic heterocycles. The van der Waals surface area contributed by atoms with E-state index in [1.807, 2.05) is 0 Å². The molecule has 0 bridgehead atoms. The third-order valence-electron chi connectivity index (χ3n) is 2.84. The molecule has 16 heavy (non-hydrogen) atoms. The first kappa shape index (κ1) is 11.3. The van der Waals surface area contributed by atoms with E-state index < -0.39 is 17.7 Å². The number of benzene rings is 1. The smallest absolute Gasteiger partial charge is 0.167 e. The van der Waals surface area contributed by atoms with Crippen LogP contribution >= 0.6 is 0 Å². The predicted molar refractivity (Wildman–Crippen MR) is 55.2 cm³/mol. The van der Waals surface area contributed by atoms with E-state index in [9.17, 15) is 13.9 Å². The summed E-state index contributed by atoms with van der Waals surface area (Å²) in [6.45, 7) is 0. The Morgan fingerprint density at radius 3 is 2.62 bits per heavy atom. The zero-order valence-corrected chi connectivity index (χ0v) is 8.83. The van der Waals surface area contributed by atoms with Crippen LogP contribution in [0.4, 0.5) is 8.78 Å². The van der Waals surface area contributed by atoms with E-state index in [1.165, 1.54) is 6.07 Å². The average Bonchev–Trinajstić information content (AvgIpc) is 2.25. The van der Waals surface area contributed by atoms with Crippen molar-refractivity contribution >= 4 is 0 Å². The third-order valence-corrected chi connectivity index (χ3v) is 2.84. The molecule has 0 heterocycles. The van der Waals surface area contributed by atoms with Gasteiger partial charge in [-0.2, -0.15) is 0 Å². The monoisotopic (exact) mass is 228 g/mol. The quantitative estimate of drug-likeness (QED) is 0.843. The molecule has 1 N–H and O–H groups in total. The van der Waals surface area contributed by atoms with Crippen LogP contribution in [0.3, 0.4) is 0 Å². The molecular weight excluding hydrogens is 214 g/mol. The van der Waals surface area contributed by atoms with E-state index in [-0.39, 0.29) is 11.9 Å². The van der Waals surface area contributed by atoms with Crippen LogP contribution in [-0.4, -0.2) is 17.3 Å². The van der Waals surface area contributed by atoms with Gasteiger partial charge in [0.25, 0.3) is 0 Å². The lowest BCUT2D eigenvalue weighted by atomic mass is 9.95. The summed E-state index contributed by atoms with van der Waals surface area (Å²) >= 11 is 0. The number of hydrogen-bond donors (Lipinski definition) is 1. The van der Waals surface area contributed by atoms with Crippen LogP contribution in [0.5, 0.6) is 5.75 Å². The number of hydrogen-bond acceptors (Lipinski definition) is 2. The molecular formula is C12H14F2O2. The standard InChI is InChI=1S/C12H14F2O2/c13-8-5-6-11(9(14)7-8)16-12-4-2-1-3-10(12)15/h5-7,10,12,15H,1-4H2/t10-,12+/m1/s1. The highest BCUT2D eigenvalue weighted by molar-refractivity contribution is 5.25. The van der Waals surface area contributed by atoms with Gasteiger partial charge in [0.1, 0.15) is 11.9 Å². The van der Waals surface area contributed by atoms with Gasteiger partial charge in [-0.3, -0.25) is 0 Å². The predicted octanol–water partition coefficient (Wildman–Crippen LogP) is 2.65. The van der Waals surface area contributed by atoms with Crippen molar-refractivity contribution in [1.29, 1.82) is 0 Å². The first-order valence-electron chi connectivity index (χ1n) is 5.46. The Labute approximate surface area is 92.9 Å². The summed E-state index contributed by atoms with van der Waals surface area (Å²) < 4.78 is 31.3. The third kappa shape index (κ3) is 2.50. The van der Waals surface area contributed by atoms with Crippen LogP contribution in [0.2, 0.25) is 0 Å². The van der Waals surface area contributed by atoms with Crippen molar-refractivity contribution in [2.45, 2.75) is 37.9 Å². The molecule has 1 aromatic carbocycles. The molecule has 0 amide bonds. The molecule has 4 heteroatoms. The van der Waals surface area contributed by atoms with Gasteiger partial charge in [0, 0.05) is 6.07 Å². The molecule has 2 atom stereocenters. The fourth-order valence-electron chi connectivity index (χ4n) is 1.95. The van der Waals surface area contributed by atoms with Gasteiger partial charge in [-0.25, -0.2) is 8.78 Å². The van der Waals surface area contributed by atoms with E-state index >= 15 is 0 Å². The van der Waals surface area contributed by atoms with Gasteiger partial charge < -0.3 is 9.84 Å². The molecule has 0 aliphatic heterocycles. The van der Waals surface area contributed by atoms with Crippen LogP contribution in [0.15, 0.2) is 18.2 Å². The Morgan fingerprint density at radius 2 is 1.94 bits per heavy atom. The van der Waals surface area contributed by atoms with Gasteiger partial charge in [-0.1, -0.05) is 6.42 Å². The summed E-state index contributed by atoms with van der Waals surface area (Å²) in [6, 6.07) is 3.18. The maximum absolute atomic E-state index is 13.3. The number of halogens is 2. The summed E-state index contributed by atoms with van der Waals surface area (Å²) in [5.41, 5.74) is 0. The van der Waals surface area contributed by atoms with Gasteiger partial charge in [0.2, 0.25) is 0 Å². The summed E-state index contributed by atoms with van der Waals surface area (Å²) in [6.07, 6.45) is 2.37. The molecule has 0 unspecified atom stereocenters. The van der Waals surface area contributed by atoms with Crippen molar-refractivity contribution in [3.05, 3.63) is 29.8 Å². The number of aliphatic hydroxyl groups is 1. The molecule has 1 aromatic rings. The lowest BCUT2D eigenvalue weighted by Gasteiger charge is -2.28. The second kappa shape index (κ2) is 4.78. The van der Waals surface area contributed by atoms with E-state index in [2.05, 4.69) is 0 Å². The van der Waals surface area contributed by atoms with Crippen molar-refractivity contribution in [3.8, 4) is 5.75 Å².